The van der Waals surface area contributed by atoms with Gasteiger partial charge in [-0.25, -0.2) is 4.98 Å². The molecule has 1 aromatic rings. The van der Waals surface area contributed by atoms with Crippen molar-refractivity contribution < 1.29 is 4.74 Å². The first kappa shape index (κ1) is 16.2. The Morgan fingerprint density at radius 3 is 2.95 bits per heavy atom. The number of nitrogens with one attached hydrogen (secondary N) is 2. The fourth-order valence-corrected chi connectivity index (χ4v) is 2.72. The van der Waals surface area contributed by atoms with Crippen LogP contribution in [-0.4, -0.2) is 29.4 Å². The lowest BCUT2D eigenvalue weighted by Crippen LogP contribution is -2.30. The fourth-order valence-electron chi connectivity index (χ4n) is 2.52. The number of nitrogens with zero attached hydrogens (tertiary/aromatic N) is 1. The molecule has 0 amide bonds. The Bertz CT molecular complexity index is 447. The molecule has 0 aliphatic heterocycles. The van der Waals surface area contributed by atoms with E-state index < -0.39 is 0 Å². The number of hydrogen-bond donors (Lipinski definition) is 2. The van der Waals surface area contributed by atoms with Gasteiger partial charge < -0.3 is 15.4 Å². The average Bonchev–Trinajstić information content (AvgIpc) is 2.50. The molecule has 0 unspecified atom stereocenters. The van der Waals surface area contributed by atoms with Crippen molar-refractivity contribution in [2.45, 2.75) is 51.6 Å². The van der Waals surface area contributed by atoms with Crippen molar-refractivity contribution in [1.82, 2.24) is 10.3 Å². The number of anilines is 1. The maximum Gasteiger partial charge on any atom is 0.171 e. The standard InChI is InChI=1S/C16H25N3OS/c1-13-7-5-10-17-15(13)19-16(21)18-11-6-12-20-14-8-3-2-4-9-14/h5,7,10,14H,2-4,6,8-9,11-12H2,1H3,(H2,17,18,19,21). The lowest BCUT2D eigenvalue weighted by atomic mass is 9.98. The van der Waals surface area contributed by atoms with Gasteiger partial charge in [0.25, 0.3) is 0 Å². The Balaban J connectivity index is 1.56. The summed E-state index contributed by atoms with van der Waals surface area (Å²) in [4.78, 5) is 4.26. The monoisotopic (exact) mass is 307 g/mol. The minimum absolute atomic E-state index is 0.486. The third kappa shape index (κ3) is 5.98. The zero-order chi connectivity index (χ0) is 14.9. The van der Waals surface area contributed by atoms with E-state index in [1.807, 2.05) is 19.1 Å². The van der Waals surface area contributed by atoms with Crippen molar-refractivity contribution in [3.8, 4) is 0 Å². The first-order valence-electron chi connectivity index (χ1n) is 7.84. The van der Waals surface area contributed by atoms with E-state index in [-0.39, 0.29) is 0 Å². The number of rotatable bonds is 6. The van der Waals surface area contributed by atoms with E-state index in [4.69, 9.17) is 17.0 Å². The summed E-state index contributed by atoms with van der Waals surface area (Å²) >= 11 is 5.27. The number of thiocarbonyl (C=S) groups is 1. The summed E-state index contributed by atoms with van der Waals surface area (Å²) in [6.07, 6.45) is 9.68. The number of hydrogen-bond acceptors (Lipinski definition) is 3. The zero-order valence-electron chi connectivity index (χ0n) is 12.7. The minimum atomic E-state index is 0.486. The molecular formula is C16H25N3OS. The Morgan fingerprint density at radius 2 is 2.19 bits per heavy atom. The number of aryl methyl sites for hydroxylation is 1. The van der Waals surface area contributed by atoms with Crippen molar-refractivity contribution in [1.29, 1.82) is 0 Å². The third-order valence-electron chi connectivity index (χ3n) is 3.75. The molecule has 1 aliphatic carbocycles. The van der Waals surface area contributed by atoms with E-state index in [0.717, 1.165) is 31.0 Å². The summed E-state index contributed by atoms with van der Waals surface area (Å²) in [5.74, 6) is 0.813. The van der Waals surface area contributed by atoms with Crippen molar-refractivity contribution in [3.05, 3.63) is 23.9 Å². The van der Waals surface area contributed by atoms with Crippen molar-refractivity contribution in [3.63, 3.8) is 0 Å². The van der Waals surface area contributed by atoms with Crippen LogP contribution in [0.25, 0.3) is 0 Å². The first-order valence-corrected chi connectivity index (χ1v) is 8.24. The molecule has 1 aromatic heterocycles. The highest BCUT2D eigenvalue weighted by Gasteiger charge is 2.12. The molecule has 2 rings (SSSR count). The second-order valence-electron chi connectivity index (χ2n) is 5.53. The van der Waals surface area contributed by atoms with E-state index in [1.54, 1.807) is 6.20 Å². The maximum absolute atomic E-state index is 5.89. The van der Waals surface area contributed by atoms with Gasteiger partial charge >= 0.3 is 0 Å². The normalized spacial score (nSPS) is 15.7. The minimum Gasteiger partial charge on any atom is -0.378 e. The van der Waals surface area contributed by atoms with Gasteiger partial charge in [-0.3, -0.25) is 0 Å². The van der Waals surface area contributed by atoms with Crippen LogP contribution in [0.4, 0.5) is 5.82 Å². The second-order valence-corrected chi connectivity index (χ2v) is 5.94. The molecule has 2 N–H and O–H groups in total. The van der Waals surface area contributed by atoms with Gasteiger partial charge in [0, 0.05) is 19.3 Å². The molecule has 0 aromatic carbocycles. The Morgan fingerprint density at radius 1 is 1.38 bits per heavy atom. The van der Waals surface area contributed by atoms with Crippen LogP contribution in [-0.2, 0) is 4.74 Å². The van der Waals surface area contributed by atoms with Crippen LogP contribution in [0.5, 0.6) is 0 Å². The summed E-state index contributed by atoms with van der Waals surface area (Å²) < 4.78 is 5.89. The lowest BCUT2D eigenvalue weighted by Gasteiger charge is -2.22. The smallest absolute Gasteiger partial charge is 0.171 e. The highest BCUT2D eigenvalue weighted by molar-refractivity contribution is 7.80. The highest BCUT2D eigenvalue weighted by atomic mass is 32.1. The van der Waals surface area contributed by atoms with E-state index in [0.29, 0.717) is 11.2 Å². The van der Waals surface area contributed by atoms with Crippen molar-refractivity contribution in [2.75, 3.05) is 18.5 Å². The number of ether oxygens (including phenoxy) is 1. The first-order chi connectivity index (χ1) is 10.3. The van der Waals surface area contributed by atoms with Crippen LogP contribution < -0.4 is 10.6 Å². The van der Waals surface area contributed by atoms with Crippen LogP contribution in [0.1, 0.15) is 44.1 Å². The molecule has 0 radical (unpaired) electrons. The predicted molar refractivity (Wildman–Crippen MR) is 90.6 cm³/mol. The lowest BCUT2D eigenvalue weighted by molar-refractivity contribution is 0.0277. The number of aromatic nitrogens is 1. The van der Waals surface area contributed by atoms with Gasteiger partial charge in [-0.2, -0.15) is 0 Å². The Labute approximate surface area is 132 Å². The van der Waals surface area contributed by atoms with Gasteiger partial charge in [0.15, 0.2) is 5.11 Å². The molecular weight excluding hydrogens is 282 g/mol. The van der Waals surface area contributed by atoms with Gasteiger partial charge in [-0.1, -0.05) is 25.3 Å². The van der Waals surface area contributed by atoms with Gasteiger partial charge in [-0.05, 0) is 50.0 Å². The summed E-state index contributed by atoms with van der Waals surface area (Å²) in [7, 11) is 0. The van der Waals surface area contributed by atoms with Gasteiger partial charge in [-0.15, -0.1) is 0 Å². The van der Waals surface area contributed by atoms with Crippen LogP contribution in [0, 0.1) is 6.92 Å². The van der Waals surface area contributed by atoms with Crippen LogP contribution in [0.15, 0.2) is 18.3 Å². The topological polar surface area (TPSA) is 46.2 Å². The fraction of sp³-hybridized carbons (Fsp3) is 0.625. The Hall–Kier alpha value is -1.20. The molecule has 0 bridgehead atoms. The highest BCUT2D eigenvalue weighted by Crippen LogP contribution is 2.20. The summed E-state index contributed by atoms with van der Waals surface area (Å²) in [6.45, 7) is 3.64. The Kier molecular flexibility index (Phi) is 6.89. The largest absolute Gasteiger partial charge is 0.378 e. The van der Waals surface area contributed by atoms with Crippen LogP contribution >= 0.6 is 12.2 Å². The molecule has 0 atom stereocenters. The van der Waals surface area contributed by atoms with Gasteiger partial charge in [0.2, 0.25) is 0 Å². The van der Waals surface area contributed by atoms with Crippen LogP contribution in [0.2, 0.25) is 0 Å². The molecule has 0 spiro atoms. The van der Waals surface area contributed by atoms with Crippen molar-refractivity contribution >= 4 is 23.1 Å². The molecule has 21 heavy (non-hydrogen) atoms. The summed E-state index contributed by atoms with van der Waals surface area (Å²) in [6, 6.07) is 3.93. The second kappa shape index (κ2) is 8.95. The van der Waals surface area contributed by atoms with E-state index in [1.165, 1.54) is 32.1 Å². The molecule has 1 heterocycles. The van der Waals surface area contributed by atoms with Crippen molar-refractivity contribution in [2.24, 2.45) is 0 Å². The molecule has 116 valence electrons. The molecule has 0 saturated heterocycles. The van der Waals surface area contributed by atoms with Crippen LogP contribution in [0.3, 0.4) is 0 Å². The molecule has 5 heteroatoms. The quantitative estimate of drug-likeness (QED) is 0.623. The SMILES string of the molecule is Cc1cccnc1NC(=S)NCCCOC1CCCCC1. The number of pyridine rings is 1. The molecule has 1 saturated carbocycles. The summed E-state index contributed by atoms with van der Waals surface area (Å²) in [5, 5.41) is 6.94. The predicted octanol–water partition coefficient (Wildman–Crippen LogP) is 3.42. The van der Waals surface area contributed by atoms with E-state index in [2.05, 4.69) is 15.6 Å². The summed E-state index contributed by atoms with van der Waals surface area (Å²) in [5.41, 5.74) is 1.09. The molecule has 1 aliphatic rings. The van der Waals surface area contributed by atoms with Gasteiger partial charge in [0.1, 0.15) is 5.82 Å². The average molecular weight is 307 g/mol. The zero-order valence-corrected chi connectivity index (χ0v) is 13.5. The molecule has 1 fully saturated rings. The molecule has 4 nitrogen and oxygen atoms in total. The van der Waals surface area contributed by atoms with E-state index >= 15 is 0 Å². The maximum atomic E-state index is 5.89. The third-order valence-corrected chi connectivity index (χ3v) is 4.00. The van der Waals surface area contributed by atoms with E-state index in [9.17, 15) is 0 Å². The van der Waals surface area contributed by atoms with Gasteiger partial charge in [0.05, 0.1) is 6.10 Å².